The van der Waals surface area contributed by atoms with E-state index in [0.717, 1.165) is 38.5 Å². The Kier molecular flexibility index (Phi) is 6.97. The van der Waals surface area contributed by atoms with Crippen LogP contribution in [0.25, 0.3) is 0 Å². The Bertz CT molecular complexity index is 759. The molecule has 0 atom stereocenters. The Balaban J connectivity index is 1.37. The van der Waals surface area contributed by atoms with Gasteiger partial charge in [0.25, 0.3) is 0 Å². The van der Waals surface area contributed by atoms with Crippen LogP contribution in [-0.2, 0) is 0 Å². The molecule has 1 saturated heterocycles. The van der Waals surface area contributed by atoms with Gasteiger partial charge in [0.05, 0.1) is 19.9 Å². The summed E-state index contributed by atoms with van der Waals surface area (Å²) in [5, 5.41) is 5.74. The number of hydrogen-bond donors (Lipinski definition) is 2. The van der Waals surface area contributed by atoms with Gasteiger partial charge >= 0.3 is 6.03 Å². The van der Waals surface area contributed by atoms with Crippen molar-refractivity contribution in [2.24, 2.45) is 0 Å². The molecule has 1 aliphatic rings. The van der Waals surface area contributed by atoms with Crippen LogP contribution in [0.5, 0.6) is 11.5 Å². The lowest BCUT2D eigenvalue weighted by atomic mass is 10.2. The summed E-state index contributed by atoms with van der Waals surface area (Å²) in [7, 11) is 3.27. The average Bonchev–Trinajstić information content (AvgIpc) is 2.75. The molecule has 0 bridgehead atoms. The number of methoxy groups -OCH3 is 2. The van der Waals surface area contributed by atoms with Crippen LogP contribution < -0.4 is 25.0 Å². The van der Waals surface area contributed by atoms with Crippen LogP contribution in [-0.4, -0.2) is 64.4 Å². The molecule has 0 radical (unpaired) electrons. The van der Waals surface area contributed by atoms with Crippen LogP contribution in [0.4, 0.5) is 16.2 Å². The lowest BCUT2D eigenvalue weighted by Crippen LogP contribution is -2.48. The standard InChI is InChI=1S/C21H28N4O3/c1-27-18-9-7-17(8-10-18)25-15-13-24(14-16-25)12-11-22-21(26)23-19-5-3-4-6-20(19)28-2/h3-10H,11-16H2,1-2H3,(H2,22,23,26). The molecule has 7 nitrogen and oxygen atoms in total. The largest absolute Gasteiger partial charge is 0.497 e. The van der Waals surface area contributed by atoms with Gasteiger partial charge in [-0.3, -0.25) is 4.90 Å². The second-order valence-electron chi connectivity index (χ2n) is 6.61. The third-order valence-corrected chi connectivity index (χ3v) is 4.88. The molecule has 0 saturated carbocycles. The average molecular weight is 384 g/mol. The first-order chi connectivity index (χ1) is 13.7. The fraction of sp³-hybridized carbons (Fsp3) is 0.381. The maximum absolute atomic E-state index is 12.1. The Morgan fingerprint density at radius 2 is 1.68 bits per heavy atom. The molecule has 2 aromatic rings. The van der Waals surface area contributed by atoms with E-state index < -0.39 is 0 Å². The lowest BCUT2D eigenvalue weighted by molar-refractivity contribution is 0.240. The van der Waals surface area contributed by atoms with Crippen molar-refractivity contribution in [3.8, 4) is 11.5 Å². The number of amides is 2. The van der Waals surface area contributed by atoms with E-state index in [9.17, 15) is 4.79 Å². The number of nitrogens with zero attached hydrogens (tertiary/aromatic N) is 2. The summed E-state index contributed by atoms with van der Waals surface area (Å²) in [4.78, 5) is 16.8. The maximum Gasteiger partial charge on any atom is 0.319 e. The number of hydrogen-bond acceptors (Lipinski definition) is 5. The van der Waals surface area contributed by atoms with Gasteiger partial charge in [-0.2, -0.15) is 0 Å². The number of carbonyl (C=O) groups is 1. The molecule has 28 heavy (non-hydrogen) atoms. The number of urea groups is 1. The van der Waals surface area contributed by atoms with Gasteiger partial charge in [0.1, 0.15) is 11.5 Å². The predicted molar refractivity (Wildman–Crippen MR) is 112 cm³/mol. The third-order valence-electron chi connectivity index (χ3n) is 4.88. The molecule has 1 fully saturated rings. The minimum Gasteiger partial charge on any atom is -0.497 e. The van der Waals surface area contributed by atoms with Crippen molar-refractivity contribution in [1.82, 2.24) is 10.2 Å². The van der Waals surface area contributed by atoms with E-state index in [2.05, 4.69) is 32.6 Å². The fourth-order valence-corrected chi connectivity index (χ4v) is 3.26. The second-order valence-corrected chi connectivity index (χ2v) is 6.61. The quantitative estimate of drug-likeness (QED) is 0.768. The number of benzene rings is 2. The van der Waals surface area contributed by atoms with Crippen molar-refractivity contribution in [1.29, 1.82) is 0 Å². The monoisotopic (exact) mass is 384 g/mol. The van der Waals surface area contributed by atoms with Gasteiger partial charge in [0.2, 0.25) is 0 Å². The lowest BCUT2D eigenvalue weighted by Gasteiger charge is -2.36. The zero-order valence-corrected chi connectivity index (χ0v) is 16.5. The summed E-state index contributed by atoms with van der Waals surface area (Å²) < 4.78 is 10.5. The van der Waals surface area contributed by atoms with E-state index in [1.165, 1.54) is 5.69 Å². The predicted octanol–water partition coefficient (Wildman–Crippen LogP) is 2.65. The fourth-order valence-electron chi connectivity index (χ4n) is 3.26. The third kappa shape index (κ3) is 5.29. The van der Waals surface area contributed by atoms with Gasteiger partial charge in [0, 0.05) is 45.0 Å². The number of nitrogens with one attached hydrogen (secondary N) is 2. The summed E-state index contributed by atoms with van der Waals surface area (Å²) in [6.07, 6.45) is 0. The highest BCUT2D eigenvalue weighted by atomic mass is 16.5. The van der Waals surface area contributed by atoms with Gasteiger partial charge in [0.15, 0.2) is 0 Å². The smallest absolute Gasteiger partial charge is 0.319 e. The van der Waals surface area contributed by atoms with E-state index in [-0.39, 0.29) is 6.03 Å². The minimum absolute atomic E-state index is 0.221. The molecular formula is C21H28N4O3. The van der Waals surface area contributed by atoms with Crippen LogP contribution in [0.3, 0.4) is 0 Å². The number of piperazine rings is 1. The van der Waals surface area contributed by atoms with Crippen LogP contribution in [0.2, 0.25) is 0 Å². The molecular weight excluding hydrogens is 356 g/mol. The Morgan fingerprint density at radius 3 is 2.36 bits per heavy atom. The Hall–Kier alpha value is -2.93. The molecule has 0 spiro atoms. The highest BCUT2D eigenvalue weighted by Crippen LogP contribution is 2.23. The first-order valence-corrected chi connectivity index (χ1v) is 9.49. The van der Waals surface area contributed by atoms with Crippen molar-refractivity contribution < 1.29 is 14.3 Å². The van der Waals surface area contributed by atoms with Crippen LogP contribution in [0.15, 0.2) is 48.5 Å². The van der Waals surface area contributed by atoms with Crippen molar-refractivity contribution in [3.05, 3.63) is 48.5 Å². The zero-order chi connectivity index (χ0) is 19.8. The highest BCUT2D eigenvalue weighted by Gasteiger charge is 2.17. The summed E-state index contributed by atoms with van der Waals surface area (Å²) in [6, 6.07) is 15.3. The molecule has 2 aromatic carbocycles. The van der Waals surface area contributed by atoms with E-state index >= 15 is 0 Å². The van der Waals surface area contributed by atoms with Gasteiger partial charge in [-0.1, -0.05) is 12.1 Å². The number of anilines is 2. The summed E-state index contributed by atoms with van der Waals surface area (Å²) >= 11 is 0. The second kappa shape index (κ2) is 9.85. The molecule has 2 amide bonds. The van der Waals surface area contributed by atoms with E-state index in [1.54, 1.807) is 14.2 Å². The topological polar surface area (TPSA) is 66.1 Å². The Morgan fingerprint density at radius 1 is 0.964 bits per heavy atom. The minimum atomic E-state index is -0.221. The summed E-state index contributed by atoms with van der Waals surface area (Å²) in [5.41, 5.74) is 1.88. The van der Waals surface area contributed by atoms with Gasteiger partial charge < -0.3 is 25.0 Å². The Labute approximate surface area is 166 Å². The molecule has 1 aliphatic heterocycles. The van der Waals surface area contributed by atoms with Crippen molar-refractivity contribution in [2.45, 2.75) is 0 Å². The van der Waals surface area contributed by atoms with E-state index in [0.29, 0.717) is 18.0 Å². The van der Waals surface area contributed by atoms with Crippen molar-refractivity contribution >= 4 is 17.4 Å². The number of para-hydroxylation sites is 2. The molecule has 2 N–H and O–H groups in total. The van der Waals surface area contributed by atoms with Gasteiger partial charge in [-0.05, 0) is 36.4 Å². The van der Waals surface area contributed by atoms with Crippen molar-refractivity contribution in [2.75, 3.05) is 63.7 Å². The molecule has 0 aromatic heterocycles. The maximum atomic E-state index is 12.1. The van der Waals surface area contributed by atoms with Crippen LogP contribution in [0.1, 0.15) is 0 Å². The van der Waals surface area contributed by atoms with Crippen molar-refractivity contribution in [3.63, 3.8) is 0 Å². The van der Waals surface area contributed by atoms with Crippen LogP contribution in [0, 0.1) is 0 Å². The number of rotatable bonds is 7. The molecule has 1 heterocycles. The van der Waals surface area contributed by atoms with E-state index in [1.807, 2.05) is 36.4 Å². The summed E-state index contributed by atoms with van der Waals surface area (Å²) in [6.45, 7) is 5.32. The van der Waals surface area contributed by atoms with Crippen LogP contribution >= 0.6 is 0 Å². The molecule has 150 valence electrons. The SMILES string of the molecule is COc1ccc(N2CCN(CCNC(=O)Nc3ccccc3OC)CC2)cc1. The highest BCUT2D eigenvalue weighted by molar-refractivity contribution is 5.90. The van der Waals surface area contributed by atoms with Gasteiger partial charge in [-0.15, -0.1) is 0 Å². The first kappa shape index (κ1) is 19.8. The molecule has 0 unspecified atom stereocenters. The summed E-state index contributed by atoms with van der Waals surface area (Å²) in [5.74, 6) is 1.52. The zero-order valence-electron chi connectivity index (χ0n) is 16.5. The normalized spacial score (nSPS) is 14.4. The first-order valence-electron chi connectivity index (χ1n) is 9.49. The van der Waals surface area contributed by atoms with Gasteiger partial charge in [-0.25, -0.2) is 4.79 Å². The van der Waals surface area contributed by atoms with E-state index in [4.69, 9.17) is 9.47 Å². The molecule has 0 aliphatic carbocycles. The molecule has 3 rings (SSSR count). The number of carbonyl (C=O) groups excluding carboxylic acids is 1. The number of ether oxygens (including phenoxy) is 2. The molecule has 7 heteroatoms.